The van der Waals surface area contributed by atoms with Gasteiger partial charge in [-0.25, -0.2) is 4.68 Å². The van der Waals surface area contributed by atoms with Crippen LogP contribution >= 0.6 is 0 Å². The molecule has 0 aliphatic carbocycles. The number of anilines is 2. The third-order valence-corrected chi connectivity index (χ3v) is 5.81. The Morgan fingerprint density at radius 2 is 1.58 bits per heavy atom. The van der Waals surface area contributed by atoms with E-state index in [1.165, 1.54) is 5.56 Å². The molecule has 7 nitrogen and oxygen atoms in total. The fourth-order valence-corrected chi connectivity index (χ4v) is 4.18. The van der Waals surface area contributed by atoms with Gasteiger partial charge in [-0.3, -0.25) is 0 Å². The number of ether oxygens (including phenoxy) is 2. The number of nitrogens with one attached hydrogen (secondary N) is 1. The summed E-state index contributed by atoms with van der Waals surface area (Å²) in [6.45, 7) is 3.17. The van der Waals surface area contributed by atoms with Crippen LogP contribution in [-0.4, -0.2) is 21.4 Å². The predicted octanol–water partition coefficient (Wildman–Crippen LogP) is 4.98. The van der Waals surface area contributed by atoms with Crippen LogP contribution in [0.2, 0.25) is 0 Å². The summed E-state index contributed by atoms with van der Waals surface area (Å²) >= 11 is 0. The topological polar surface area (TPSA) is 87.2 Å². The first-order valence-corrected chi connectivity index (χ1v) is 11.2. The van der Waals surface area contributed by atoms with E-state index in [2.05, 4.69) is 51.8 Å². The van der Waals surface area contributed by atoms with Gasteiger partial charge in [0.05, 0.1) is 18.7 Å². The molecule has 7 heteroatoms. The number of nitrogens with two attached hydrogens (primary N) is 1. The van der Waals surface area contributed by atoms with Crippen molar-refractivity contribution in [2.45, 2.75) is 32.0 Å². The minimum absolute atomic E-state index is 0.00536. The van der Waals surface area contributed by atoms with Crippen LogP contribution in [0.1, 0.15) is 42.1 Å². The Kier molecular flexibility index (Phi) is 5.85. The van der Waals surface area contributed by atoms with E-state index in [1.807, 2.05) is 54.1 Å². The molecule has 0 saturated carbocycles. The van der Waals surface area contributed by atoms with Gasteiger partial charge in [0.25, 0.3) is 0 Å². The molecule has 3 N–H and O–H groups in total. The Bertz CT molecular complexity index is 1190. The van der Waals surface area contributed by atoms with Crippen molar-refractivity contribution < 1.29 is 9.47 Å². The highest BCUT2D eigenvalue weighted by Crippen LogP contribution is 2.38. The summed E-state index contributed by atoms with van der Waals surface area (Å²) in [5, 5.41) is 7.92. The molecule has 0 amide bonds. The van der Waals surface area contributed by atoms with E-state index in [0.29, 0.717) is 19.2 Å². The van der Waals surface area contributed by atoms with E-state index >= 15 is 0 Å². The van der Waals surface area contributed by atoms with Gasteiger partial charge in [0.2, 0.25) is 11.9 Å². The van der Waals surface area contributed by atoms with Gasteiger partial charge in [0.1, 0.15) is 18.1 Å². The number of hydrogen-bond acceptors (Lipinski definition) is 6. The van der Waals surface area contributed by atoms with Crippen LogP contribution in [0.15, 0.2) is 78.9 Å². The minimum Gasteiger partial charge on any atom is -0.494 e. The molecule has 0 bridgehead atoms. The molecule has 4 aromatic rings. The van der Waals surface area contributed by atoms with Crippen LogP contribution in [0.25, 0.3) is 0 Å². The standard InChI is InChI=1S/C26H27N5O2/c1-2-32-21-12-8-19(9-13-21)23-16-24(31-26(28-23)29-25(27)30-31)20-10-14-22(15-11-20)33-17-18-6-4-3-5-7-18/h3-15,23-24H,2,16-17H2,1H3,(H3,27,28,29,30)/t23-,24+/m0/s1. The lowest BCUT2D eigenvalue weighted by molar-refractivity contribution is 0.306. The number of rotatable bonds is 7. The lowest BCUT2D eigenvalue weighted by Gasteiger charge is -2.31. The maximum atomic E-state index is 5.95. The van der Waals surface area contributed by atoms with Gasteiger partial charge in [-0.2, -0.15) is 4.98 Å². The second-order valence-corrected chi connectivity index (χ2v) is 8.03. The summed E-state index contributed by atoms with van der Waals surface area (Å²) in [4.78, 5) is 4.40. The van der Waals surface area contributed by atoms with Crippen molar-refractivity contribution >= 4 is 11.9 Å². The molecule has 1 aliphatic rings. The van der Waals surface area contributed by atoms with Crippen molar-refractivity contribution in [3.05, 3.63) is 95.6 Å². The number of nitrogen functional groups attached to an aromatic ring is 1. The fraction of sp³-hybridized carbons (Fsp3) is 0.231. The SMILES string of the molecule is CCOc1ccc([C@@H]2C[C@H](c3ccc(OCc4ccccc4)cc3)n3nc(N)nc3N2)cc1. The summed E-state index contributed by atoms with van der Waals surface area (Å²) in [5.74, 6) is 2.63. The predicted molar refractivity (Wildman–Crippen MR) is 128 cm³/mol. The van der Waals surface area contributed by atoms with Crippen LogP contribution in [0, 0.1) is 0 Å². The van der Waals surface area contributed by atoms with E-state index in [9.17, 15) is 0 Å². The second kappa shape index (κ2) is 9.24. The smallest absolute Gasteiger partial charge is 0.241 e. The van der Waals surface area contributed by atoms with Crippen molar-refractivity contribution in [2.75, 3.05) is 17.7 Å². The lowest BCUT2D eigenvalue weighted by atomic mass is 9.93. The normalized spacial score (nSPS) is 17.1. The quantitative estimate of drug-likeness (QED) is 0.420. The fourth-order valence-electron chi connectivity index (χ4n) is 4.18. The molecule has 0 spiro atoms. The van der Waals surface area contributed by atoms with Gasteiger partial charge in [-0.1, -0.05) is 54.6 Å². The maximum absolute atomic E-state index is 5.95. The summed E-state index contributed by atoms with van der Waals surface area (Å²) in [7, 11) is 0. The average molecular weight is 442 g/mol. The van der Waals surface area contributed by atoms with Gasteiger partial charge >= 0.3 is 0 Å². The first kappa shape index (κ1) is 20.9. The number of hydrogen-bond donors (Lipinski definition) is 2. The second-order valence-electron chi connectivity index (χ2n) is 8.03. The largest absolute Gasteiger partial charge is 0.494 e. The van der Waals surface area contributed by atoms with E-state index in [4.69, 9.17) is 15.2 Å². The van der Waals surface area contributed by atoms with E-state index in [0.717, 1.165) is 29.0 Å². The number of nitrogens with zero attached hydrogens (tertiary/aromatic N) is 3. The molecule has 5 rings (SSSR count). The van der Waals surface area contributed by atoms with E-state index in [-0.39, 0.29) is 18.0 Å². The van der Waals surface area contributed by atoms with Crippen LogP contribution in [0.5, 0.6) is 11.5 Å². The molecular formula is C26H27N5O2. The minimum atomic E-state index is 0.00536. The highest BCUT2D eigenvalue weighted by molar-refractivity contribution is 5.43. The summed E-state index contributed by atoms with van der Waals surface area (Å²) in [5.41, 5.74) is 9.37. The van der Waals surface area contributed by atoms with Crippen LogP contribution in [0.3, 0.4) is 0 Å². The molecule has 1 aromatic heterocycles. The van der Waals surface area contributed by atoms with Crippen molar-refractivity contribution in [1.82, 2.24) is 14.8 Å². The molecule has 0 radical (unpaired) electrons. The first-order chi connectivity index (χ1) is 16.2. The van der Waals surface area contributed by atoms with Crippen molar-refractivity contribution in [1.29, 1.82) is 0 Å². The Labute approximate surface area is 193 Å². The monoisotopic (exact) mass is 441 g/mol. The zero-order valence-corrected chi connectivity index (χ0v) is 18.5. The molecule has 33 heavy (non-hydrogen) atoms. The van der Waals surface area contributed by atoms with Crippen molar-refractivity contribution in [3.8, 4) is 11.5 Å². The Morgan fingerprint density at radius 1 is 0.909 bits per heavy atom. The Hall–Kier alpha value is -4.00. The molecule has 0 unspecified atom stereocenters. The summed E-state index contributed by atoms with van der Waals surface area (Å²) in [6, 6.07) is 26.6. The zero-order valence-electron chi connectivity index (χ0n) is 18.5. The molecule has 0 fully saturated rings. The third kappa shape index (κ3) is 4.62. The molecule has 168 valence electrons. The third-order valence-electron chi connectivity index (χ3n) is 5.81. The molecule has 1 aliphatic heterocycles. The highest BCUT2D eigenvalue weighted by atomic mass is 16.5. The maximum Gasteiger partial charge on any atom is 0.241 e. The molecule has 2 heterocycles. The van der Waals surface area contributed by atoms with Crippen LogP contribution < -0.4 is 20.5 Å². The van der Waals surface area contributed by atoms with Crippen LogP contribution in [0.4, 0.5) is 11.9 Å². The summed E-state index contributed by atoms with van der Waals surface area (Å²) < 4.78 is 13.4. The van der Waals surface area contributed by atoms with Crippen molar-refractivity contribution in [2.24, 2.45) is 0 Å². The van der Waals surface area contributed by atoms with E-state index < -0.39 is 0 Å². The molecule has 0 saturated heterocycles. The number of benzene rings is 3. The van der Waals surface area contributed by atoms with Gasteiger partial charge in [0.15, 0.2) is 0 Å². The lowest BCUT2D eigenvalue weighted by Crippen LogP contribution is -2.28. The van der Waals surface area contributed by atoms with E-state index in [1.54, 1.807) is 0 Å². The molecule has 2 atom stereocenters. The van der Waals surface area contributed by atoms with Crippen LogP contribution in [-0.2, 0) is 6.61 Å². The van der Waals surface area contributed by atoms with Gasteiger partial charge in [-0.15, -0.1) is 5.10 Å². The van der Waals surface area contributed by atoms with Gasteiger partial charge in [-0.05, 0) is 54.3 Å². The van der Waals surface area contributed by atoms with Gasteiger partial charge < -0.3 is 20.5 Å². The molecule has 3 aromatic carbocycles. The van der Waals surface area contributed by atoms with Gasteiger partial charge in [0, 0.05) is 0 Å². The highest BCUT2D eigenvalue weighted by Gasteiger charge is 2.30. The first-order valence-electron chi connectivity index (χ1n) is 11.2. The average Bonchev–Trinajstić information content (AvgIpc) is 3.24. The Morgan fingerprint density at radius 3 is 2.27 bits per heavy atom. The molecular weight excluding hydrogens is 414 g/mol. The Balaban J connectivity index is 1.35. The van der Waals surface area contributed by atoms with Crippen molar-refractivity contribution in [3.63, 3.8) is 0 Å². The summed E-state index contributed by atoms with van der Waals surface area (Å²) in [6.07, 6.45) is 0.813. The number of aromatic nitrogens is 3. The number of fused-ring (bicyclic) bond motifs is 1. The zero-order chi connectivity index (χ0) is 22.6.